The van der Waals surface area contributed by atoms with Crippen LogP contribution in [-0.2, 0) is 31.2 Å². The maximum Gasteiger partial charge on any atom is 0.253 e. The fraction of sp³-hybridized carbons (Fsp3) is 0.706. The molecule has 2 fully saturated rings. The van der Waals surface area contributed by atoms with Crippen LogP contribution in [0.4, 0.5) is 0 Å². The van der Waals surface area contributed by atoms with Crippen molar-refractivity contribution >= 4 is 11.8 Å². The van der Waals surface area contributed by atoms with Crippen LogP contribution in [0.2, 0.25) is 0 Å². The number of ether oxygens (including phenoxy) is 2. The van der Waals surface area contributed by atoms with Crippen LogP contribution in [-0.4, -0.2) is 76.7 Å². The molecule has 0 N–H and O–H groups in total. The molecule has 2 amide bonds. The van der Waals surface area contributed by atoms with E-state index in [9.17, 15) is 9.59 Å². The molecule has 1 aromatic heterocycles. The van der Waals surface area contributed by atoms with Gasteiger partial charge in [-0.3, -0.25) is 9.59 Å². The third-order valence-electron chi connectivity index (χ3n) is 5.47. The smallest absolute Gasteiger partial charge is 0.253 e. The molecule has 8 nitrogen and oxygen atoms in total. The summed E-state index contributed by atoms with van der Waals surface area (Å²) < 4.78 is 13.8. The molecule has 0 radical (unpaired) electrons. The Hall–Kier alpha value is -1.93. The van der Waals surface area contributed by atoms with Gasteiger partial charge in [-0.15, -0.1) is 0 Å². The number of hydrogen-bond donors (Lipinski definition) is 0. The van der Waals surface area contributed by atoms with E-state index in [1.807, 2.05) is 20.6 Å². The molecule has 1 spiro atoms. The fourth-order valence-corrected chi connectivity index (χ4v) is 4.04. The molecule has 25 heavy (non-hydrogen) atoms. The van der Waals surface area contributed by atoms with Crippen molar-refractivity contribution in [2.75, 3.05) is 39.4 Å². The van der Waals surface area contributed by atoms with Gasteiger partial charge in [-0.1, -0.05) is 0 Å². The summed E-state index contributed by atoms with van der Waals surface area (Å²) in [5, 5.41) is 0. The lowest BCUT2D eigenvalue weighted by atomic mass is 9.88. The molecule has 0 saturated carbocycles. The molecule has 8 heteroatoms. The largest absolute Gasteiger partial charge is 0.378 e. The van der Waals surface area contributed by atoms with Crippen LogP contribution in [0.15, 0.2) is 12.4 Å². The van der Waals surface area contributed by atoms with Crippen LogP contribution in [0, 0.1) is 0 Å². The number of likely N-dealkylation sites (tertiary alicyclic amines) is 1. The Bertz CT molecular complexity index is 659. The lowest BCUT2D eigenvalue weighted by Crippen LogP contribution is -2.56. The highest BCUT2D eigenvalue weighted by molar-refractivity contribution is 5.81. The second kappa shape index (κ2) is 6.42. The Balaban J connectivity index is 1.56. The molecule has 2 saturated heterocycles. The summed E-state index contributed by atoms with van der Waals surface area (Å²) in [6.07, 6.45) is 4.49. The zero-order chi connectivity index (χ0) is 17.4. The average molecular weight is 348 g/mol. The van der Waals surface area contributed by atoms with E-state index in [1.165, 1.54) is 0 Å². The van der Waals surface area contributed by atoms with E-state index >= 15 is 0 Å². The highest BCUT2D eigenvalue weighted by Crippen LogP contribution is 2.40. The lowest BCUT2D eigenvalue weighted by molar-refractivity contribution is -0.184. The van der Waals surface area contributed by atoms with Gasteiger partial charge in [0.1, 0.15) is 11.4 Å². The SMILES string of the molecule is CC(=O)N1CCC2(CC1)OC(C(=O)N1CCOCC1)Cn1ccnc12. The summed E-state index contributed by atoms with van der Waals surface area (Å²) in [4.78, 5) is 32.7. The minimum atomic E-state index is -0.583. The monoisotopic (exact) mass is 348 g/mol. The minimum Gasteiger partial charge on any atom is -0.378 e. The van der Waals surface area contributed by atoms with Crippen molar-refractivity contribution in [3.8, 4) is 0 Å². The van der Waals surface area contributed by atoms with Gasteiger partial charge in [-0.25, -0.2) is 4.98 Å². The third kappa shape index (κ3) is 2.93. The van der Waals surface area contributed by atoms with Gasteiger partial charge < -0.3 is 23.8 Å². The highest BCUT2D eigenvalue weighted by atomic mass is 16.5. The van der Waals surface area contributed by atoms with Crippen LogP contribution in [0.25, 0.3) is 0 Å². The van der Waals surface area contributed by atoms with Gasteiger partial charge in [0.05, 0.1) is 19.8 Å². The number of nitrogens with zero attached hydrogens (tertiary/aromatic N) is 4. The molecule has 4 heterocycles. The van der Waals surface area contributed by atoms with E-state index < -0.39 is 11.7 Å². The van der Waals surface area contributed by atoms with Crippen LogP contribution in [0.3, 0.4) is 0 Å². The molecule has 3 aliphatic heterocycles. The van der Waals surface area contributed by atoms with Gasteiger partial charge in [0.2, 0.25) is 5.91 Å². The quantitative estimate of drug-likeness (QED) is 0.713. The molecular weight excluding hydrogens is 324 g/mol. The van der Waals surface area contributed by atoms with Crippen molar-refractivity contribution in [1.29, 1.82) is 0 Å². The van der Waals surface area contributed by atoms with Crippen LogP contribution in [0.5, 0.6) is 0 Å². The first kappa shape index (κ1) is 16.5. The van der Waals surface area contributed by atoms with E-state index in [1.54, 1.807) is 13.1 Å². The maximum atomic E-state index is 12.9. The number of carbonyl (C=O) groups excluding carboxylic acids is 2. The number of morpholine rings is 1. The van der Waals surface area contributed by atoms with Crippen molar-refractivity contribution in [2.24, 2.45) is 0 Å². The number of imidazole rings is 1. The minimum absolute atomic E-state index is 0.0241. The van der Waals surface area contributed by atoms with Crippen LogP contribution < -0.4 is 0 Å². The Morgan fingerprint density at radius 1 is 1.16 bits per heavy atom. The molecular formula is C17H24N4O4. The first-order chi connectivity index (χ1) is 12.1. The lowest BCUT2D eigenvalue weighted by Gasteiger charge is -2.46. The standard InChI is InChI=1S/C17H24N4O4/c1-13(22)19-5-2-17(3-6-19)16-18-4-7-21(16)12-14(25-17)15(23)20-8-10-24-11-9-20/h4,7,14H,2-3,5-6,8-12H2,1H3. The Labute approximate surface area is 146 Å². The number of piperidine rings is 1. The third-order valence-corrected chi connectivity index (χ3v) is 5.47. The fourth-order valence-electron chi connectivity index (χ4n) is 4.04. The van der Waals surface area contributed by atoms with E-state index in [2.05, 4.69) is 4.98 Å². The molecule has 3 aliphatic rings. The summed E-state index contributed by atoms with van der Waals surface area (Å²) in [5.41, 5.74) is -0.583. The van der Waals surface area contributed by atoms with Gasteiger partial charge >= 0.3 is 0 Å². The summed E-state index contributed by atoms with van der Waals surface area (Å²) in [6, 6.07) is 0. The molecule has 1 atom stereocenters. The summed E-state index contributed by atoms with van der Waals surface area (Å²) >= 11 is 0. The van der Waals surface area contributed by atoms with E-state index in [-0.39, 0.29) is 11.8 Å². The Morgan fingerprint density at radius 3 is 2.56 bits per heavy atom. The van der Waals surface area contributed by atoms with Gasteiger partial charge in [0.25, 0.3) is 5.91 Å². The summed E-state index contributed by atoms with van der Waals surface area (Å²) in [7, 11) is 0. The normalized spacial score (nSPS) is 25.7. The predicted octanol–water partition coefficient (Wildman–Crippen LogP) is -0.0217. The second-order valence-corrected chi connectivity index (χ2v) is 6.95. The predicted molar refractivity (Wildman–Crippen MR) is 87.7 cm³/mol. The van der Waals surface area contributed by atoms with E-state index in [0.717, 1.165) is 5.82 Å². The summed E-state index contributed by atoms with van der Waals surface area (Å²) in [5.74, 6) is 0.979. The number of rotatable bonds is 1. The van der Waals surface area contributed by atoms with E-state index in [4.69, 9.17) is 9.47 Å². The second-order valence-electron chi connectivity index (χ2n) is 6.95. The van der Waals surface area contributed by atoms with Crippen molar-refractivity contribution in [2.45, 2.75) is 38.0 Å². The molecule has 1 unspecified atom stereocenters. The first-order valence-corrected chi connectivity index (χ1v) is 8.90. The molecule has 1 aromatic rings. The Morgan fingerprint density at radius 2 is 1.88 bits per heavy atom. The number of hydrogen-bond acceptors (Lipinski definition) is 5. The molecule has 136 valence electrons. The summed E-state index contributed by atoms with van der Waals surface area (Å²) in [6.45, 7) is 5.71. The zero-order valence-electron chi connectivity index (χ0n) is 14.5. The zero-order valence-corrected chi connectivity index (χ0v) is 14.5. The van der Waals surface area contributed by atoms with Crippen molar-refractivity contribution in [3.63, 3.8) is 0 Å². The number of amides is 2. The van der Waals surface area contributed by atoms with Gasteiger partial charge in [-0.2, -0.15) is 0 Å². The van der Waals surface area contributed by atoms with Crippen LogP contribution in [0.1, 0.15) is 25.6 Å². The maximum absolute atomic E-state index is 12.9. The number of carbonyl (C=O) groups is 2. The molecule has 0 aliphatic carbocycles. The van der Waals surface area contributed by atoms with Crippen molar-refractivity contribution in [3.05, 3.63) is 18.2 Å². The van der Waals surface area contributed by atoms with Crippen molar-refractivity contribution < 1.29 is 19.1 Å². The number of aromatic nitrogens is 2. The molecule has 4 rings (SSSR count). The first-order valence-electron chi connectivity index (χ1n) is 8.90. The highest BCUT2D eigenvalue weighted by Gasteiger charge is 2.48. The average Bonchev–Trinajstić information content (AvgIpc) is 3.12. The van der Waals surface area contributed by atoms with Gasteiger partial charge in [0, 0.05) is 58.3 Å². The van der Waals surface area contributed by atoms with E-state index in [0.29, 0.717) is 58.8 Å². The number of fused-ring (bicyclic) bond motifs is 2. The topological polar surface area (TPSA) is 76.9 Å². The Kier molecular flexibility index (Phi) is 4.24. The van der Waals surface area contributed by atoms with Gasteiger partial charge in [0.15, 0.2) is 6.10 Å². The van der Waals surface area contributed by atoms with Gasteiger partial charge in [-0.05, 0) is 0 Å². The molecule has 0 aromatic carbocycles. The molecule has 0 bridgehead atoms. The van der Waals surface area contributed by atoms with Crippen molar-refractivity contribution in [1.82, 2.24) is 19.4 Å². The van der Waals surface area contributed by atoms with Crippen LogP contribution >= 0.6 is 0 Å².